The van der Waals surface area contributed by atoms with Gasteiger partial charge in [0.2, 0.25) is 5.95 Å². The van der Waals surface area contributed by atoms with Crippen molar-refractivity contribution in [3.8, 4) is 5.75 Å². The smallest absolute Gasteiger partial charge is 0.231 e. The molecule has 1 saturated carbocycles. The molecule has 4 heterocycles. The number of allylic oxidation sites excluding steroid dienone is 1. The molecule has 12 nitrogen and oxygen atoms in total. The summed E-state index contributed by atoms with van der Waals surface area (Å²) < 4.78 is 5.95. The molecule has 5 aromatic rings. The van der Waals surface area contributed by atoms with E-state index in [2.05, 4.69) is 71.9 Å². The van der Waals surface area contributed by atoms with Crippen LogP contribution in [0, 0.1) is 0 Å². The maximum absolute atomic E-state index is 6.17. The Labute approximate surface area is 275 Å². The number of hydrogen-bond acceptors (Lipinski definition) is 11. The molecule has 242 valence electrons. The fourth-order valence-electron chi connectivity index (χ4n) is 6.35. The SMILES string of the molecule is CN=CC(=CN)c1cc(Nc2nc(Nc3ccc4nccnc4c3P(C)C)c3cc[nH]c3n2)c(OC)cc1N1CCN(C2CC2)CC1. The lowest BCUT2D eigenvalue weighted by Crippen LogP contribution is -2.47. The van der Waals surface area contributed by atoms with Gasteiger partial charge in [0.1, 0.15) is 17.2 Å². The highest BCUT2D eigenvalue weighted by atomic mass is 31.1. The molecule has 0 bridgehead atoms. The number of piperazine rings is 1. The second kappa shape index (κ2) is 13.1. The quantitative estimate of drug-likeness (QED) is 0.120. The van der Waals surface area contributed by atoms with Gasteiger partial charge in [-0.3, -0.25) is 19.9 Å². The highest BCUT2D eigenvalue weighted by Gasteiger charge is 2.32. The van der Waals surface area contributed by atoms with E-state index in [1.54, 1.807) is 39.0 Å². The molecule has 1 aliphatic heterocycles. The van der Waals surface area contributed by atoms with Crippen LogP contribution in [0.15, 0.2) is 60.1 Å². The van der Waals surface area contributed by atoms with Crippen molar-refractivity contribution in [2.45, 2.75) is 18.9 Å². The third-order valence-corrected chi connectivity index (χ3v) is 10.1. The summed E-state index contributed by atoms with van der Waals surface area (Å²) in [5, 5.41) is 9.07. The van der Waals surface area contributed by atoms with Crippen molar-refractivity contribution < 1.29 is 4.74 Å². The van der Waals surface area contributed by atoms with E-state index >= 15 is 0 Å². The highest BCUT2D eigenvalue weighted by Crippen LogP contribution is 2.40. The van der Waals surface area contributed by atoms with Gasteiger partial charge in [-0.1, -0.05) is 7.92 Å². The van der Waals surface area contributed by atoms with E-state index < -0.39 is 7.92 Å². The van der Waals surface area contributed by atoms with Crippen molar-refractivity contribution in [3.05, 3.63) is 60.7 Å². The summed E-state index contributed by atoms with van der Waals surface area (Å²) in [6.07, 6.45) is 11.4. The van der Waals surface area contributed by atoms with Gasteiger partial charge in [-0.15, -0.1) is 0 Å². The standard InChI is InChI=1S/C34H40N11OP/c1-36-20-21(19-35)24-17-27(29(46-2)18-28(24)45-15-13-44(14-16-45)22-5-6-22)41-34-42-32-23(9-10-39-32)33(43-34)40-26-8-7-25-30(31(26)47(3)4)38-12-11-37-25/h7-12,17-20,22H,5-6,13-16,35H2,1-4H3,(H3,39,40,41,42,43). The first-order chi connectivity index (χ1) is 23.0. The molecule has 2 fully saturated rings. The Morgan fingerprint density at radius 2 is 1.85 bits per heavy atom. The van der Waals surface area contributed by atoms with Crippen molar-refractivity contribution in [1.82, 2.24) is 29.8 Å². The zero-order valence-electron chi connectivity index (χ0n) is 27.2. The van der Waals surface area contributed by atoms with E-state index in [9.17, 15) is 0 Å². The largest absolute Gasteiger partial charge is 0.494 e. The van der Waals surface area contributed by atoms with E-state index in [1.807, 2.05) is 18.3 Å². The minimum Gasteiger partial charge on any atom is -0.494 e. The van der Waals surface area contributed by atoms with Gasteiger partial charge < -0.3 is 31.0 Å². The van der Waals surface area contributed by atoms with E-state index in [1.165, 1.54) is 12.8 Å². The maximum atomic E-state index is 6.17. The van der Waals surface area contributed by atoms with E-state index in [4.69, 9.17) is 20.4 Å². The topological polar surface area (TPSA) is 146 Å². The number of nitrogens with one attached hydrogen (secondary N) is 3. The van der Waals surface area contributed by atoms with Gasteiger partial charge in [-0.25, -0.2) is 0 Å². The van der Waals surface area contributed by atoms with Crippen LogP contribution < -0.4 is 31.3 Å². The minimum atomic E-state index is -0.506. The van der Waals surface area contributed by atoms with Crippen LogP contribution in [0.2, 0.25) is 0 Å². The number of methoxy groups -OCH3 is 1. The molecule has 47 heavy (non-hydrogen) atoms. The average Bonchev–Trinajstić information content (AvgIpc) is 3.83. The number of aromatic amines is 1. The number of fused-ring (bicyclic) bond motifs is 2. The minimum absolute atomic E-state index is 0.414. The number of H-pyrrole nitrogens is 1. The summed E-state index contributed by atoms with van der Waals surface area (Å²) in [6, 6.07) is 10.9. The van der Waals surface area contributed by atoms with Gasteiger partial charge in [0.25, 0.3) is 0 Å². The molecule has 3 aromatic heterocycles. The number of anilines is 5. The molecule has 2 aromatic carbocycles. The van der Waals surface area contributed by atoms with Crippen molar-refractivity contribution in [3.63, 3.8) is 0 Å². The molecule has 7 rings (SSSR count). The fraction of sp³-hybridized carbons (Fsp3) is 0.324. The molecular weight excluding hydrogens is 609 g/mol. The van der Waals surface area contributed by atoms with Crippen LogP contribution in [0.25, 0.3) is 27.6 Å². The van der Waals surface area contributed by atoms with Crippen LogP contribution in [0.1, 0.15) is 18.4 Å². The Hall–Kier alpha value is -4.80. The lowest BCUT2D eigenvalue weighted by Gasteiger charge is -2.37. The number of benzene rings is 2. The average molecular weight is 650 g/mol. The summed E-state index contributed by atoms with van der Waals surface area (Å²) in [4.78, 5) is 31.5. The Kier molecular flexibility index (Phi) is 8.62. The Morgan fingerprint density at radius 3 is 2.57 bits per heavy atom. The Bertz CT molecular complexity index is 1980. The van der Waals surface area contributed by atoms with E-state index in [-0.39, 0.29) is 0 Å². The number of aliphatic imine (C=N–C) groups is 1. The van der Waals surface area contributed by atoms with Gasteiger partial charge in [0.15, 0.2) is 0 Å². The number of ether oxygens (including phenoxy) is 1. The highest BCUT2D eigenvalue weighted by molar-refractivity contribution is 7.65. The Balaban J connectivity index is 1.26. The predicted octanol–water partition coefficient (Wildman–Crippen LogP) is 5.05. The number of nitrogens with zero attached hydrogens (tertiary/aromatic N) is 7. The van der Waals surface area contributed by atoms with Crippen LogP contribution in [-0.2, 0) is 0 Å². The van der Waals surface area contributed by atoms with E-state index in [0.717, 1.165) is 82.1 Å². The maximum Gasteiger partial charge on any atom is 0.231 e. The molecule has 0 atom stereocenters. The molecule has 0 unspecified atom stereocenters. The monoisotopic (exact) mass is 649 g/mol. The molecule has 0 spiro atoms. The van der Waals surface area contributed by atoms with Crippen molar-refractivity contribution in [1.29, 1.82) is 0 Å². The molecule has 2 aliphatic rings. The first-order valence-corrected chi connectivity index (χ1v) is 18.1. The van der Waals surface area contributed by atoms with Crippen molar-refractivity contribution in [2.75, 3.05) is 69.2 Å². The molecular formula is C34H40N11OP. The summed E-state index contributed by atoms with van der Waals surface area (Å²) in [6.45, 7) is 8.39. The number of aromatic nitrogens is 5. The molecule has 0 radical (unpaired) electrons. The first-order valence-electron chi connectivity index (χ1n) is 15.8. The predicted molar refractivity (Wildman–Crippen MR) is 195 cm³/mol. The zero-order chi connectivity index (χ0) is 32.5. The van der Waals surface area contributed by atoms with E-state index in [0.29, 0.717) is 23.2 Å². The second-order valence-corrected chi connectivity index (χ2v) is 14.2. The molecule has 5 N–H and O–H groups in total. The summed E-state index contributed by atoms with van der Waals surface area (Å²) in [7, 11) is 2.93. The van der Waals surface area contributed by atoms with Gasteiger partial charge in [-0.05, 0) is 50.4 Å². The lowest BCUT2D eigenvalue weighted by atomic mass is 10.0. The van der Waals surface area contributed by atoms with Crippen molar-refractivity contribution in [2.24, 2.45) is 10.7 Å². The number of hydrogen-bond donors (Lipinski definition) is 4. The van der Waals surface area contributed by atoms with Gasteiger partial charge in [-0.2, -0.15) is 9.97 Å². The molecule has 0 amide bonds. The lowest BCUT2D eigenvalue weighted by molar-refractivity contribution is 0.248. The number of rotatable bonds is 10. The summed E-state index contributed by atoms with van der Waals surface area (Å²) in [5.41, 5.74) is 13.2. The first kappa shape index (κ1) is 30.8. The molecule has 1 aliphatic carbocycles. The zero-order valence-corrected chi connectivity index (χ0v) is 28.1. The van der Waals surface area contributed by atoms with Crippen LogP contribution in [0.4, 0.5) is 28.8 Å². The third-order valence-electron chi connectivity index (χ3n) is 8.77. The van der Waals surface area contributed by atoms with Crippen LogP contribution in [0.3, 0.4) is 0 Å². The van der Waals surface area contributed by atoms with Crippen LogP contribution in [-0.4, -0.2) is 95.7 Å². The molecule has 1 saturated heterocycles. The van der Waals surface area contributed by atoms with Crippen LogP contribution >= 0.6 is 7.92 Å². The summed E-state index contributed by atoms with van der Waals surface area (Å²) in [5.74, 6) is 1.77. The summed E-state index contributed by atoms with van der Waals surface area (Å²) >= 11 is 0. The second-order valence-electron chi connectivity index (χ2n) is 12.0. The van der Waals surface area contributed by atoms with Gasteiger partial charge >= 0.3 is 0 Å². The normalized spacial score (nSPS) is 16.1. The van der Waals surface area contributed by atoms with Gasteiger partial charge in [0, 0.05) is 104 Å². The molecule has 13 heteroatoms. The van der Waals surface area contributed by atoms with Crippen molar-refractivity contribution >= 4 is 75.9 Å². The van der Waals surface area contributed by atoms with Crippen LogP contribution in [0.5, 0.6) is 5.75 Å². The third kappa shape index (κ3) is 6.18. The number of nitrogens with two attached hydrogens (primary N) is 1. The van der Waals surface area contributed by atoms with Gasteiger partial charge in [0.05, 0.1) is 29.2 Å². The Morgan fingerprint density at radius 1 is 1.04 bits per heavy atom. The fourth-order valence-corrected chi connectivity index (χ4v) is 7.56.